The van der Waals surface area contributed by atoms with E-state index in [2.05, 4.69) is 22.9 Å². The average Bonchev–Trinajstić information content (AvgIpc) is 2.78. The van der Waals surface area contributed by atoms with E-state index in [1.54, 1.807) is 6.20 Å². The second kappa shape index (κ2) is 4.98. The van der Waals surface area contributed by atoms with E-state index in [4.69, 9.17) is 5.26 Å². The number of hydrogen-bond acceptors (Lipinski definition) is 3. The summed E-state index contributed by atoms with van der Waals surface area (Å²) >= 11 is 0. The molecule has 0 spiro atoms. The van der Waals surface area contributed by atoms with E-state index < -0.39 is 0 Å². The lowest BCUT2D eigenvalue weighted by Gasteiger charge is -2.18. The lowest BCUT2D eigenvalue weighted by molar-refractivity contribution is 0.529. The molecule has 1 atom stereocenters. The van der Waals surface area contributed by atoms with Crippen LogP contribution in [-0.4, -0.2) is 18.1 Å². The first-order chi connectivity index (χ1) is 7.85. The zero-order chi connectivity index (χ0) is 11.4. The first-order valence-electron chi connectivity index (χ1n) is 5.95. The van der Waals surface area contributed by atoms with Gasteiger partial charge >= 0.3 is 0 Å². The second-order valence-electron chi connectivity index (χ2n) is 4.38. The van der Waals surface area contributed by atoms with Gasteiger partial charge in [0.25, 0.3) is 0 Å². The summed E-state index contributed by atoms with van der Waals surface area (Å²) in [4.78, 5) is 6.58. The molecule has 1 aliphatic rings. The smallest absolute Gasteiger partial charge is 0.146 e. The van der Waals surface area contributed by atoms with Gasteiger partial charge in [-0.05, 0) is 30.9 Å². The van der Waals surface area contributed by atoms with E-state index >= 15 is 0 Å². The summed E-state index contributed by atoms with van der Waals surface area (Å²) in [5.41, 5.74) is 0.694. The Labute approximate surface area is 96.7 Å². The van der Waals surface area contributed by atoms with Crippen LogP contribution < -0.4 is 4.90 Å². The van der Waals surface area contributed by atoms with Crippen molar-refractivity contribution in [3.63, 3.8) is 0 Å². The maximum atomic E-state index is 9.03. The van der Waals surface area contributed by atoms with E-state index in [9.17, 15) is 0 Å². The molecule has 1 unspecified atom stereocenters. The zero-order valence-electron chi connectivity index (χ0n) is 9.69. The van der Waals surface area contributed by atoms with Crippen molar-refractivity contribution < 1.29 is 0 Å². The van der Waals surface area contributed by atoms with Crippen LogP contribution in [0.25, 0.3) is 0 Å². The molecule has 16 heavy (non-hydrogen) atoms. The summed E-state index contributed by atoms with van der Waals surface area (Å²) in [5.74, 6) is 1.64. The van der Waals surface area contributed by atoms with Gasteiger partial charge in [-0.25, -0.2) is 4.98 Å². The van der Waals surface area contributed by atoms with Crippen molar-refractivity contribution in [1.29, 1.82) is 5.26 Å². The van der Waals surface area contributed by atoms with Gasteiger partial charge in [-0.2, -0.15) is 5.26 Å². The van der Waals surface area contributed by atoms with E-state index in [1.807, 2.05) is 12.1 Å². The number of nitriles is 1. The highest BCUT2D eigenvalue weighted by Gasteiger charge is 2.24. The van der Waals surface area contributed by atoms with Crippen molar-refractivity contribution in [2.75, 3.05) is 18.0 Å². The summed E-state index contributed by atoms with van der Waals surface area (Å²) < 4.78 is 0. The van der Waals surface area contributed by atoms with Crippen molar-refractivity contribution in [1.82, 2.24) is 4.98 Å². The number of nitrogens with zero attached hydrogens (tertiary/aromatic N) is 3. The molecule has 1 aliphatic heterocycles. The molecule has 0 radical (unpaired) electrons. The monoisotopic (exact) mass is 215 g/mol. The molecule has 0 bridgehead atoms. The van der Waals surface area contributed by atoms with Crippen LogP contribution >= 0.6 is 0 Å². The van der Waals surface area contributed by atoms with Crippen LogP contribution in [0.2, 0.25) is 0 Å². The SMILES string of the molecule is CCCC1CCN(c2ncccc2C#N)C1. The van der Waals surface area contributed by atoms with Crippen LogP contribution in [-0.2, 0) is 0 Å². The fourth-order valence-electron chi connectivity index (χ4n) is 2.41. The number of aromatic nitrogens is 1. The highest BCUT2D eigenvalue weighted by Crippen LogP contribution is 2.26. The average molecular weight is 215 g/mol. The predicted octanol–water partition coefficient (Wildman–Crippen LogP) is 2.58. The van der Waals surface area contributed by atoms with Gasteiger partial charge in [0.15, 0.2) is 0 Å². The van der Waals surface area contributed by atoms with Crippen molar-refractivity contribution in [3.8, 4) is 6.07 Å². The highest BCUT2D eigenvalue weighted by molar-refractivity contribution is 5.53. The minimum atomic E-state index is 0.694. The second-order valence-corrected chi connectivity index (χ2v) is 4.38. The Morgan fingerprint density at radius 2 is 2.50 bits per heavy atom. The Bertz CT molecular complexity index is 394. The first kappa shape index (κ1) is 10.9. The molecule has 0 aliphatic carbocycles. The van der Waals surface area contributed by atoms with Gasteiger partial charge in [0.1, 0.15) is 11.9 Å². The maximum Gasteiger partial charge on any atom is 0.146 e. The summed E-state index contributed by atoms with van der Waals surface area (Å²) in [6.45, 7) is 4.32. The molecule has 1 aromatic heterocycles. The molecule has 84 valence electrons. The number of anilines is 1. The van der Waals surface area contributed by atoms with Gasteiger partial charge in [-0.15, -0.1) is 0 Å². The van der Waals surface area contributed by atoms with E-state index in [1.165, 1.54) is 19.3 Å². The fraction of sp³-hybridized carbons (Fsp3) is 0.538. The summed E-state index contributed by atoms with van der Waals surface area (Å²) in [6.07, 6.45) is 5.52. The molecule has 3 heteroatoms. The highest BCUT2D eigenvalue weighted by atomic mass is 15.2. The van der Waals surface area contributed by atoms with Gasteiger partial charge < -0.3 is 4.90 Å². The van der Waals surface area contributed by atoms with E-state index in [-0.39, 0.29) is 0 Å². The van der Waals surface area contributed by atoms with Crippen LogP contribution in [0.4, 0.5) is 5.82 Å². The largest absolute Gasteiger partial charge is 0.355 e. The zero-order valence-corrected chi connectivity index (χ0v) is 9.69. The molecular formula is C13H17N3. The van der Waals surface area contributed by atoms with Crippen molar-refractivity contribution in [2.45, 2.75) is 26.2 Å². The molecule has 1 fully saturated rings. The third-order valence-corrected chi connectivity index (χ3v) is 3.19. The van der Waals surface area contributed by atoms with Crippen LogP contribution in [0.15, 0.2) is 18.3 Å². The summed E-state index contributed by atoms with van der Waals surface area (Å²) in [5, 5.41) is 9.03. The van der Waals surface area contributed by atoms with Crippen molar-refractivity contribution >= 4 is 5.82 Å². The standard InChI is InChI=1S/C13H17N3/c1-2-4-11-6-8-16(10-11)13-12(9-14)5-3-7-15-13/h3,5,7,11H,2,4,6,8,10H2,1H3. The molecule has 0 saturated carbocycles. The molecule has 1 saturated heterocycles. The third-order valence-electron chi connectivity index (χ3n) is 3.19. The first-order valence-corrected chi connectivity index (χ1v) is 5.95. The minimum absolute atomic E-state index is 0.694. The van der Waals surface area contributed by atoms with E-state index in [0.717, 1.165) is 24.8 Å². The lowest BCUT2D eigenvalue weighted by atomic mass is 10.0. The quantitative estimate of drug-likeness (QED) is 0.778. The van der Waals surface area contributed by atoms with Crippen LogP contribution in [0, 0.1) is 17.2 Å². The fourth-order valence-corrected chi connectivity index (χ4v) is 2.41. The number of rotatable bonds is 3. The molecular weight excluding hydrogens is 198 g/mol. The van der Waals surface area contributed by atoms with Gasteiger partial charge in [0.2, 0.25) is 0 Å². The van der Waals surface area contributed by atoms with Gasteiger partial charge in [0.05, 0.1) is 5.56 Å². The Hall–Kier alpha value is -1.56. The van der Waals surface area contributed by atoms with Crippen molar-refractivity contribution in [2.24, 2.45) is 5.92 Å². The summed E-state index contributed by atoms with van der Waals surface area (Å²) in [7, 11) is 0. The Kier molecular flexibility index (Phi) is 3.40. The van der Waals surface area contributed by atoms with Crippen LogP contribution in [0.1, 0.15) is 31.7 Å². The van der Waals surface area contributed by atoms with Gasteiger partial charge in [0, 0.05) is 19.3 Å². The Morgan fingerprint density at radius 3 is 3.25 bits per heavy atom. The summed E-state index contributed by atoms with van der Waals surface area (Å²) in [6, 6.07) is 5.88. The third kappa shape index (κ3) is 2.16. The van der Waals surface area contributed by atoms with Gasteiger partial charge in [-0.1, -0.05) is 13.3 Å². The van der Waals surface area contributed by atoms with Crippen molar-refractivity contribution in [3.05, 3.63) is 23.9 Å². The Balaban J connectivity index is 2.12. The number of hydrogen-bond donors (Lipinski definition) is 0. The van der Waals surface area contributed by atoms with Crippen LogP contribution in [0.5, 0.6) is 0 Å². The molecule has 1 aromatic rings. The molecule has 0 amide bonds. The predicted molar refractivity (Wildman–Crippen MR) is 64.2 cm³/mol. The van der Waals surface area contributed by atoms with Crippen LogP contribution in [0.3, 0.4) is 0 Å². The lowest BCUT2D eigenvalue weighted by Crippen LogP contribution is -2.21. The minimum Gasteiger partial charge on any atom is -0.355 e. The Morgan fingerprint density at radius 1 is 1.62 bits per heavy atom. The molecule has 0 aromatic carbocycles. The molecule has 2 heterocycles. The molecule has 2 rings (SSSR count). The van der Waals surface area contributed by atoms with Gasteiger partial charge in [-0.3, -0.25) is 0 Å². The van der Waals surface area contributed by atoms with E-state index in [0.29, 0.717) is 5.56 Å². The topological polar surface area (TPSA) is 39.9 Å². The number of pyridine rings is 1. The normalized spacial score (nSPS) is 19.8. The maximum absolute atomic E-state index is 9.03. The molecule has 0 N–H and O–H groups in total. The molecule has 3 nitrogen and oxygen atoms in total.